The van der Waals surface area contributed by atoms with E-state index in [1.807, 2.05) is 11.0 Å². The molecule has 2 saturated heterocycles. The van der Waals surface area contributed by atoms with Gasteiger partial charge in [-0.15, -0.1) is 0 Å². The SMILES string of the molecule is CC[C@@H]1OCC=C2CN3CC[C@]45c6cc(OC)c(OC)cc6N(C=O)[C@H]4C1[C@H]2C[C@@H]35. The minimum atomic E-state index is -0.0659. The van der Waals surface area contributed by atoms with E-state index in [1.165, 1.54) is 11.1 Å². The molecule has 0 radical (unpaired) electrons. The lowest BCUT2D eigenvalue weighted by molar-refractivity contribution is -0.109. The summed E-state index contributed by atoms with van der Waals surface area (Å²) in [6.07, 6.45) is 6.75. The number of piperidine rings is 1. The van der Waals surface area contributed by atoms with Crippen LogP contribution in [0.4, 0.5) is 5.69 Å². The summed E-state index contributed by atoms with van der Waals surface area (Å²) in [4.78, 5) is 17.3. The summed E-state index contributed by atoms with van der Waals surface area (Å²) in [5.41, 5.74) is 3.71. The molecule has 1 amide bonds. The number of fused-ring (bicyclic) bond motifs is 2. The second-order valence-corrected chi connectivity index (χ2v) is 9.44. The second kappa shape index (κ2) is 6.47. The van der Waals surface area contributed by atoms with Crippen molar-refractivity contribution in [3.63, 3.8) is 0 Å². The lowest BCUT2D eigenvalue weighted by Crippen LogP contribution is -2.65. The Kier molecular flexibility index (Phi) is 4.03. The fourth-order valence-electron chi connectivity index (χ4n) is 7.67. The van der Waals surface area contributed by atoms with Crippen molar-refractivity contribution in [2.24, 2.45) is 11.8 Å². The molecule has 160 valence electrons. The van der Waals surface area contributed by atoms with Gasteiger partial charge in [-0.1, -0.05) is 18.6 Å². The topological polar surface area (TPSA) is 51.2 Å². The lowest BCUT2D eigenvalue weighted by Gasteiger charge is -2.56. The Hall–Kier alpha value is -2.05. The third kappa shape index (κ3) is 2.09. The van der Waals surface area contributed by atoms with Crippen LogP contribution in [-0.4, -0.2) is 63.4 Å². The van der Waals surface area contributed by atoms with E-state index in [0.29, 0.717) is 30.2 Å². The number of carbonyl (C=O) groups excluding carboxylic acids is 1. The van der Waals surface area contributed by atoms with Gasteiger partial charge in [0, 0.05) is 30.0 Å². The number of hydrogen-bond donors (Lipinski definition) is 0. The van der Waals surface area contributed by atoms with E-state index in [0.717, 1.165) is 50.2 Å². The molecule has 1 aromatic carbocycles. The molecule has 6 atom stereocenters. The molecule has 1 spiro atoms. The van der Waals surface area contributed by atoms with Crippen molar-refractivity contribution < 1.29 is 19.0 Å². The van der Waals surface area contributed by atoms with Crippen LogP contribution in [0.1, 0.15) is 31.7 Å². The minimum absolute atomic E-state index is 0.0659. The number of ether oxygens (including phenoxy) is 3. The average molecular weight is 411 g/mol. The maximum absolute atomic E-state index is 12.6. The van der Waals surface area contributed by atoms with Crippen molar-refractivity contribution in [2.75, 3.05) is 38.8 Å². The number of hydrogen-bond acceptors (Lipinski definition) is 5. The van der Waals surface area contributed by atoms with Crippen LogP contribution < -0.4 is 14.4 Å². The van der Waals surface area contributed by atoms with E-state index < -0.39 is 0 Å². The highest BCUT2D eigenvalue weighted by Gasteiger charge is 2.68. The number of benzene rings is 1. The highest BCUT2D eigenvalue weighted by Crippen LogP contribution is 2.65. The van der Waals surface area contributed by atoms with E-state index in [1.54, 1.807) is 14.2 Å². The quantitative estimate of drug-likeness (QED) is 0.564. The molecule has 4 aliphatic heterocycles. The predicted octanol–water partition coefficient (Wildman–Crippen LogP) is 2.75. The molecule has 0 aromatic heterocycles. The van der Waals surface area contributed by atoms with Gasteiger partial charge in [-0.2, -0.15) is 0 Å². The van der Waals surface area contributed by atoms with E-state index in [2.05, 4.69) is 24.0 Å². The average Bonchev–Trinajstić information content (AvgIpc) is 3.22. The zero-order chi connectivity index (χ0) is 20.6. The molecule has 6 rings (SSSR count). The Labute approximate surface area is 177 Å². The number of carbonyl (C=O) groups is 1. The van der Waals surface area contributed by atoms with Crippen molar-refractivity contribution in [1.29, 1.82) is 0 Å². The Balaban J connectivity index is 1.61. The highest BCUT2D eigenvalue weighted by atomic mass is 16.5. The second-order valence-electron chi connectivity index (χ2n) is 9.44. The lowest BCUT2D eigenvalue weighted by atomic mass is 9.54. The molecule has 6 nitrogen and oxygen atoms in total. The van der Waals surface area contributed by atoms with Crippen molar-refractivity contribution in [1.82, 2.24) is 4.90 Å². The standard InChI is InChI=1S/C24H30N2O4/c1-4-18-22-15-9-21-24(6-7-25(21)12-14(15)5-8-30-18)16-10-19(28-2)20(29-3)11-17(16)26(13-27)23(22)24/h5,10-11,13,15,18,21-23H,4,6-9,12H2,1-3H3/t15-,18-,21+,22?,23-,24+/m0/s1. The van der Waals surface area contributed by atoms with E-state index in [-0.39, 0.29) is 17.6 Å². The van der Waals surface area contributed by atoms with Crippen LogP contribution in [0.3, 0.4) is 0 Å². The Morgan fingerprint density at radius 2 is 2.07 bits per heavy atom. The van der Waals surface area contributed by atoms with Crippen LogP contribution in [0.5, 0.6) is 11.5 Å². The molecule has 1 saturated carbocycles. The van der Waals surface area contributed by atoms with Crippen LogP contribution in [0, 0.1) is 11.8 Å². The van der Waals surface area contributed by atoms with Gasteiger partial charge in [0.1, 0.15) is 0 Å². The van der Waals surface area contributed by atoms with Gasteiger partial charge in [0.15, 0.2) is 11.5 Å². The first kappa shape index (κ1) is 18.7. The van der Waals surface area contributed by atoms with Gasteiger partial charge < -0.3 is 19.1 Å². The van der Waals surface area contributed by atoms with Gasteiger partial charge in [0.25, 0.3) is 0 Å². The van der Waals surface area contributed by atoms with E-state index in [9.17, 15) is 4.79 Å². The summed E-state index contributed by atoms with van der Waals surface area (Å²) in [6, 6.07) is 4.73. The number of methoxy groups -OCH3 is 2. The number of nitrogens with zero attached hydrogens (tertiary/aromatic N) is 2. The van der Waals surface area contributed by atoms with Crippen LogP contribution in [0.25, 0.3) is 0 Å². The molecule has 0 N–H and O–H groups in total. The van der Waals surface area contributed by atoms with Gasteiger partial charge in [0.2, 0.25) is 6.41 Å². The van der Waals surface area contributed by atoms with E-state index >= 15 is 0 Å². The summed E-state index contributed by atoms with van der Waals surface area (Å²) in [6.45, 7) is 5.03. The van der Waals surface area contributed by atoms with Crippen molar-refractivity contribution in [2.45, 2.75) is 49.8 Å². The van der Waals surface area contributed by atoms with Gasteiger partial charge in [-0.25, -0.2) is 0 Å². The summed E-state index contributed by atoms with van der Waals surface area (Å²) in [5.74, 6) is 2.24. The first-order chi connectivity index (χ1) is 14.7. The molecule has 30 heavy (non-hydrogen) atoms. The smallest absolute Gasteiger partial charge is 0.214 e. The normalized spacial score (nSPS) is 38.4. The summed E-state index contributed by atoms with van der Waals surface area (Å²) in [7, 11) is 3.34. The van der Waals surface area contributed by atoms with Crippen LogP contribution >= 0.6 is 0 Å². The van der Waals surface area contributed by atoms with Gasteiger partial charge in [-0.05, 0) is 43.4 Å². The van der Waals surface area contributed by atoms with Gasteiger partial charge in [-0.3, -0.25) is 9.69 Å². The number of rotatable bonds is 4. The van der Waals surface area contributed by atoms with Gasteiger partial charge >= 0.3 is 0 Å². The largest absolute Gasteiger partial charge is 0.493 e. The maximum Gasteiger partial charge on any atom is 0.214 e. The van der Waals surface area contributed by atoms with Crippen LogP contribution in [0.15, 0.2) is 23.8 Å². The summed E-state index contributed by atoms with van der Waals surface area (Å²) in [5, 5.41) is 0. The molecular formula is C24H30N2O4. The molecule has 1 unspecified atom stereocenters. The molecule has 4 heterocycles. The summed E-state index contributed by atoms with van der Waals surface area (Å²) < 4.78 is 17.7. The third-order valence-electron chi connectivity index (χ3n) is 8.73. The first-order valence-corrected chi connectivity index (χ1v) is 11.2. The maximum atomic E-state index is 12.6. The molecule has 1 aliphatic carbocycles. The zero-order valence-electron chi connectivity index (χ0n) is 18.0. The van der Waals surface area contributed by atoms with Crippen LogP contribution in [0.2, 0.25) is 0 Å². The fraction of sp³-hybridized carbons (Fsp3) is 0.625. The van der Waals surface area contributed by atoms with Crippen molar-refractivity contribution >= 4 is 12.1 Å². The first-order valence-electron chi connectivity index (χ1n) is 11.2. The predicted molar refractivity (Wildman–Crippen MR) is 113 cm³/mol. The van der Waals surface area contributed by atoms with Crippen molar-refractivity contribution in [3.8, 4) is 11.5 Å². The zero-order valence-corrected chi connectivity index (χ0v) is 18.0. The molecule has 3 fully saturated rings. The fourth-order valence-corrected chi connectivity index (χ4v) is 7.67. The summed E-state index contributed by atoms with van der Waals surface area (Å²) >= 11 is 0. The van der Waals surface area contributed by atoms with Gasteiger partial charge in [0.05, 0.1) is 38.7 Å². The molecule has 1 aromatic rings. The van der Waals surface area contributed by atoms with Crippen LogP contribution in [-0.2, 0) is 14.9 Å². The Bertz CT molecular complexity index is 930. The number of amides is 1. The third-order valence-corrected chi connectivity index (χ3v) is 8.73. The Morgan fingerprint density at radius 3 is 2.80 bits per heavy atom. The monoisotopic (exact) mass is 410 g/mol. The molecular weight excluding hydrogens is 380 g/mol. The van der Waals surface area contributed by atoms with E-state index in [4.69, 9.17) is 14.2 Å². The Morgan fingerprint density at radius 1 is 1.27 bits per heavy atom. The molecule has 5 aliphatic rings. The highest BCUT2D eigenvalue weighted by molar-refractivity contribution is 5.86. The van der Waals surface area contributed by atoms with Crippen molar-refractivity contribution in [3.05, 3.63) is 29.3 Å². The minimum Gasteiger partial charge on any atom is -0.493 e. The molecule has 6 heteroatoms. The number of anilines is 1. The molecule has 2 bridgehead atoms.